The fraction of sp³-hybridized carbons (Fsp3) is 0.318. The van der Waals surface area contributed by atoms with Crippen molar-refractivity contribution in [2.24, 2.45) is 0 Å². The molecule has 11 heteroatoms. The molecule has 0 saturated heterocycles. The minimum absolute atomic E-state index is 0.0487. The number of fused-ring (bicyclic) bond motifs is 3. The first-order valence-electron chi connectivity index (χ1n) is 10.1. The Morgan fingerprint density at radius 3 is 2.70 bits per heavy atom. The lowest BCUT2D eigenvalue weighted by Gasteiger charge is -2.26. The van der Waals surface area contributed by atoms with Crippen LogP contribution in [-0.2, 0) is 30.5 Å². The number of nitrogens with two attached hydrogens (primary N) is 1. The molecule has 2 amide bonds. The number of nitrogens with zero attached hydrogens (tertiary/aromatic N) is 2. The third-order valence-electron chi connectivity index (χ3n) is 5.60. The van der Waals surface area contributed by atoms with Crippen LogP contribution >= 0.6 is 11.3 Å². The number of amides is 2. The summed E-state index contributed by atoms with van der Waals surface area (Å²) in [6, 6.07) is 6.86. The van der Waals surface area contributed by atoms with Crippen LogP contribution in [0.5, 0.6) is 5.75 Å². The number of ether oxygens (including phenoxy) is 1. The summed E-state index contributed by atoms with van der Waals surface area (Å²) in [5.41, 5.74) is 5.17. The second-order valence-electron chi connectivity index (χ2n) is 7.61. The van der Waals surface area contributed by atoms with E-state index in [1.54, 1.807) is 29.2 Å². The predicted molar refractivity (Wildman–Crippen MR) is 118 cm³/mol. The largest absolute Gasteiger partial charge is 0.496 e. The quantitative estimate of drug-likeness (QED) is 0.596. The highest BCUT2D eigenvalue weighted by Gasteiger charge is 2.41. The van der Waals surface area contributed by atoms with E-state index in [1.165, 1.54) is 14.0 Å². The Morgan fingerprint density at radius 1 is 1.30 bits per heavy atom. The van der Waals surface area contributed by atoms with Gasteiger partial charge in [-0.05, 0) is 18.1 Å². The maximum atomic E-state index is 14.3. The van der Waals surface area contributed by atoms with Crippen molar-refractivity contribution < 1.29 is 27.5 Å². The first-order chi connectivity index (χ1) is 15.6. The van der Waals surface area contributed by atoms with Gasteiger partial charge in [-0.2, -0.15) is 13.2 Å². The second kappa shape index (κ2) is 8.54. The molecule has 0 saturated carbocycles. The molecule has 0 aliphatic carbocycles. The van der Waals surface area contributed by atoms with Gasteiger partial charge in [0.1, 0.15) is 16.4 Å². The van der Waals surface area contributed by atoms with Crippen molar-refractivity contribution in [1.82, 2.24) is 15.2 Å². The highest BCUT2D eigenvalue weighted by Crippen LogP contribution is 2.45. The average molecular weight is 478 g/mol. The molecule has 0 fully saturated rings. The lowest BCUT2D eigenvalue weighted by atomic mass is 9.97. The van der Waals surface area contributed by atoms with Gasteiger partial charge in [0.15, 0.2) is 0 Å². The van der Waals surface area contributed by atoms with Crippen LogP contribution in [0.4, 0.5) is 19.0 Å². The standard InChI is InChI=1S/C22H21F3N4O3S/c1-11(30)29-8-7-13-15(10-29)33-21-16(13)18(22(23,24)25)17(19(26)28-21)20(31)27-9-12-5-3-4-6-14(12)32-2/h3-6H,7-10H2,1-2H3,(H2,26,28)(H,27,31). The molecule has 1 aromatic carbocycles. The number of methoxy groups -OCH3 is 1. The monoisotopic (exact) mass is 478 g/mol. The number of halogens is 3. The molecule has 3 N–H and O–H groups in total. The van der Waals surface area contributed by atoms with Gasteiger partial charge < -0.3 is 20.7 Å². The first kappa shape index (κ1) is 22.8. The van der Waals surface area contributed by atoms with E-state index < -0.39 is 29.0 Å². The normalized spacial score (nSPS) is 13.7. The zero-order valence-electron chi connectivity index (χ0n) is 17.9. The maximum Gasteiger partial charge on any atom is 0.418 e. The molecule has 4 rings (SSSR count). The van der Waals surface area contributed by atoms with Gasteiger partial charge in [0.2, 0.25) is 5.91 Å². The minimum atomic E-state index is -4.83. The van der Waals surface area contributed by atoms with Crippen LogP contribution in [0, 0.1) is 0 Å². The number of anilines is 1. The van der Waals surface area contributed by atoms with Crippen molar-refractivity contribution >= 4 is 39.2 Å². The van der Waals surface area contributed by atoms with Crippen LogP contribution in [0.2, 0.25) is 0 Å². The molecule has 0 atom stereocenters. The first-order valence-corrected chi connectivity index (χ1v) is 10.9. The van der Waals surface area contributed by atoms with Crippen molar-refractivity contribution in [3.05, 3.63) is 51.4 Å². The molecule has 2 aromatic heterocycles. The van der Waals surface area contributed by atoms with Crippen LogP contribution < -0.4 is 15.8 Å². The fourth-order valence-electron chi connectivity index (χ4n) is 4.04. The fourth-order valence-corrected chi connectivity index (χ4v) is 5.29. The molecule has 3 aromatic rings. The van der Waals surface area contributed by atoms with E-state index in [0.29, 0.717) is 28.3 Å². The Labute approximate surface area is 191 Å². The summed E-state index contributed by atoms with van der Waals surface area (Å²) in [5.74, 6) is -1.12. The maximum absolute atomic E-state index is 14.3. The third-order valence-corrected chi connectivity index (χ3v) is 6.71. The van der Waals surface area contributed by atoms with E-state index in [2.05, 4.69) is 10.3 Å². The van der Waals surface area contributed by atoms with Gasteiger partial charge in [-0.1, -0.05) is 18.2 Å². The lowest BCUT2D eigenvalue weighted by molar-refractivity contribution is -0.136. The predicted octanol–water partition coefficient (Wildman–Crippen LogP) is 3.74. The van der Waals surface area contributed by atoms with Crippen molar-refractivity contribution in [1.29, 1.82) is 0 Å². The van der Waals surface area contributed by atoms with Crippen LogP contribution in [-0.4, -0.2) is 35.4 Å². The third kappa shape index (κ3) is 4.20. The Morgan fingerprint density at radius 2 is 2.03 bits per heavy atom. The molecule has 7 nitrogen and oxygen atoms in total. The van der Waals surface area contributed by atoms with E-state index in [4.69, 9.17) is 10.5 Å². The molecular weight excluding hydrogens is 457 g/mol. The molecule has 0 radical (unpaired) electrons. The zero-order valence-corrected chi connectivity index (χ0v) is 18.7. The smallest absolute Gasteiger partial charge is 0.418 e. The summed E-state index contributed by atoms with van der Waals surface area (Å²) in [6.45, 7) is 1.87. The number of hydrogen-bond acceptors (Lipinski definition) is 6. The number of hydrogen-bond donors (Lipinski definition) is 2. The Hall–Kier alpha value is -3.34. The van der Waals surface area contributed by atoms with Crippen molar-refractivity contribution in [3.63, 3.8) is 0 Å². The zero-order chi connectivity index (χ0) is 23.9. The van der Waals surface area contributed by atoms with Crippen molar-refractivity contribution in [2.75, 3.05) is 19.4 Å². The molecule has 3 heterocycles. The number of thiophene rings is 1. The summed E-state index contributed by atoms with van der Waals surface area (Å²) < 4.78 is 48.2. The van der Waals surface area contributed by atoms with Gasteiger partial charge in [-0.15, -0.1) is 11.3 Å². The van der Waals surface area contributed by atoms with Gasteiger partial charge in [0.05, 0.1) is 24.8 Å². The van der Waals surface area contributed by atoms with Gasteiger partial charge in [-0.3, -0.25) is 9.59 Å². The van der Waals surface area contributed by atoms with E-state index in [-0.39, 0.29) is 35.6 Å². The van der Waals surface area contributed by atoms with Crippen LogP contribution in [0.15, 0.2) is 24.3 Å². The number of carbonyl (C=O) groups is 2. The number of alkyl halides is 3. The highest BCUT2D eigenvalue weighted by molar-refractivity contribution is 7.18. The molecule has 0 bridgehead atoms. The summed E-state index contributed by atoms with van der Waals surface area (Å²) >= 11 is 1.07. The Bertz CT molecular complexity index is 1260. The van der Waals surface area contributed by atoms with Gasteiger partial charge in [0.25, 0.3) is 5.91 Å². The number of nitrogen functional groups attached to an aromatic ring is 1. The summed E-state index contributed by atoms with van der Waals surface area (Å²) in [6.07, 6.45) is -4.59. The van der Waals surface area contributed by atoms with Crippen molar-refractivity contribution in [2.45, 2.75) is 32.6 Å². The number of nitrogens with one attached hydrogen (secondary N) is 1. The molecule has 33 heavy (non-hydrogen) atoms. The minimum Gasteiger partial charge on any atom is -0.496 e. The average Bonchev–Trinajstić information content (AvgIpc) is 3.12. The molecule has 174 valence electrons. The number of pyridine rings is 1. The molecule has 1 aliphatic rings. The number of rotatable bonds is 4. The number of para-hydroxylation sites is 1. The number of carbonyl (C=O) groups excluding carboxylic acids is 2. The van der Waals surface area contributed by atoms with E-state index >= 15 is 0 Å². The Balaban J connectivity index is 1.79. The van der Waals surface area contributed by atoms with E-state index in [9.17, 15) is 22.8 Å². The second-order valence-corrected chi connectivity index (χ2v) is 8.70. The summed E-state index contributed by atoms with van der Waals surface area (Å²) in [7, 11) is 1.46. The van der Waals surface area contributed by atoms with E-state index in [1.807, 2.05) is 0 Å². The van der Waals surface area contributed by atoms with Crippen LogP contribution in [0.25, 0.3) is 10.2 Å². The highest BCUT2D eigenvalue weighted by atomic mass is 32.1. The lowest BCUT2D eigenvalue weighted by Crippen LogP contribution is -2.33. The van der Waals surface area contributed by atoms with Crippen LogP contribution in [0.3, 0.4) is 0 Å². The van der Waals surface area contributed by atoms with Crippen molar-refractivity contribution in [3.8, 4) is 5.75 Å². The summed E-state index contributed by atoms with van der Waals surface area (Å²) in [5, 5.41) is 2.40. The van der Waals surface area contributed by atoms with E-state index in [0.717, 1.165) is 11.3 Å². The van der Waals surface area contributed by atoms with Crippen LogP contribution in [0.1, 0.15) is 38.8 Å². The molecule has 0 unspecified atom stereocenters. The topological polar surface area (TPSA) is 97.5 Å². The molecule has 1 aliphatic heterocycles. The molecular formula is C22H21F3N4O3S. The van der Waals surface area contributed by atoms with Gasteiger partial charge in [0, 0.05) is 35.8 Å². The summed E-state index contributed by atoms with van der Waals surface area (Å²) in [4.78, 5) is 31.1. The molecule has 0 spiro atoms. The van der Waals surface area contributed by atoms with Gasteiger partial charge in [-0.25, -0.2) is 4.98 Å². The number of aromatic nitrogens is 1. The SMILES string of the molecule is COc1ccccc1CNC(=O)c1c(N)nc2sc3c(c2c1C(F)(F)F)CCN(C(C)=O)C3. The Kier molecular flexibility index (Phi) is 5.91. The van der Waals surface area contributed by atoms with Gasteiger partial charge >= 0.3 is 6.18 Å². The number of benzene rings is 1.